The van der Waals surface area contributed by atoms with Gasteiger partial charge >= 0.3 is 0 Å². The molecule has 2 aromatic heterocycles. The molecule has 2 heterocycles. The van der Waals surface area contributed by atoms with E-state index in [2.05, 4.69) is 9.97 Å². The van der Waals surface area contributed by atoms with Crippen molar-refractivity contribution in [2.45, 2.75) is 6.42 Å². The highest BCUT2D eigenvalue weighted by atomic mass is 16.1. The number of ketones is 1. The minimum absolute atomic E-state index is 0.0775. The molecule has 102 valence electrons. The van der Waals surface area contributed by atoms with E-state index in [-0.39, 0.29) is 5.78 Å². The van der Waals surface area contributed by atoms with Crippen LogP contribution in [0.5, 0.6) is 0 Å². The van der Waals surface area contributed by atoms with E-state index < -0.39 is 0 Å². The fourth-order valence-corrected chi connectivity index (χ4v) is 2.14. The predicted molar refractivity (Wildman–Crippen MR) is 81.9 cm³/mol. The third-order valence-electron chi connectivity index (χ3n) is 3.26. The highest BCUT2D eigenvalue weighted by Gasteiger charge is 2.07. The lowest BCUT2D eigenvalue weighted by atomic mass is 10.0. The second-order valence-electron chi connectivity index (χ2n) is 4.75. The number of hydrogen-bond donors (Lipinski definition) is 0. The fourth-order valence-electron chi connectivity index (χ4n) is 2.14. The van der Waals surface area contributed by atoms with Crippen molar-refractivity contribution in [1.82, 2.24) is 9.97 Å². The number of carbonyl (C=O) groups is 1. The van der Waals surface area contributed by atoms with Crippen molar-refractivity contribution in [3.63, 3.8) is 0 Å². The van der Waals surface area contributed by atoms with Crippen LogP contribution in [0, 0.1) is 0 Å². The third-order valence-corrected chi connectivity index (χ3v) is 3.26. The fraction of sp³-hybridized carbons (Fsp3) is 0.0556. The van der Waals surface area contributed by atoms with E-state index in [0.29, 0.717) is 12.0 Å². The molecule has 3 aromatic rings. The molecule has 3 heteroatoms. The van der Waals surface area contributed by atoms with E-state index in [0.717, 1.165) is 16.8 Å². The summed E-state index contributed by atoms with van der Waals surface area (Å²) in [6, 6.07) is 17.3. The van der Waals surface area contributed by atoms with Crippen LogP contribution in [-0.4, -0.2) is 15.8 Å². The van der Waals surface area contributed by atoms with Gasteiger partial charge in [0, 0.05) is 36.1 Å². The van der Waals surface area contributed by atoms with Gasteiger partial charge in [-0.1, -0.05) is 30.3 Å². The number of nitrogens with zero attached hydrogens (tertiary/aromatic N) is 2. The number of pyridine rings is 2. The summed E-state index contributed by atoms with van der Waals surface area (Å²) in [5, 5.41) is 0. The molecule has 0 bridgehead atoms. The van der Waals surface area contributed by atoms with Gasteiger partial charge in [-0.25, -0.2) is 0 Å². The van der Waals surface area contributed by atoms with Crippen LogP contribution in [0.25, 0.3) is 11.3 Å². The van der Waals surface area contributed by atoms with Gasteiger partial charge in [0.2, 0.25) is 0 Å². The molecule has 0 aliphatic carbocycles. The molecule has 0 unspecified atom stereocenters. The van der Waals surface area contributed by atoms with Gasteiger partial charge in [-0.15, -0.1) is 0 Å². The lowest BCUT2D eigenvalue weighted by molar-refractivity contribution is 0.0992. The molecule has 0 radical (unpaired) electrons. The van der Waals surface area contributed by atoms with Crippen LogP contribution in [0.1, 0.15) is 15.9 Å². The van der Waals surface area contributed by atoms with Crippen molar-refractivity contribution in [3.05, 3.63) is 84.3 Å². The smallest absolute Gasteiger partial charge is 0.168 e. The first-order chi connectivity index (χ1) is 10.3. The first kappa shape index (κ1) is 13.2. The molecule has 0 fully saturated rings. The van der Waals surface area contributed by atoms with Gasteiger partial charge in [-0.2, -0.15) is 0 Å². The lowest BCUT2D eigenvalue weighted by Gasteiger charge is -2.04. The molecule has 0 N–H and O–H groups in total. The second kappa shape index (κ2) is 6.09. The Morgan fingerprint density at radius 2 is 1.76 bits per heavy atom. The minimum Gasteiger partial charge on any atom is -0.294 e. The summed E-state index contributed by atoms with van der Waals surface area (Å²) in [7, 11) is 0. The van der Waals surface area contributed by atoms with Crippen LogP contribution in [0.3, 0.4) is 0 Å². The maximum Gasteiger partial charge on any atom is 0.168 e. The van der Waals surface area contributed by atoms with Crippen molar-refractivity contribution in [2.75, 3.05) is 0 Å². The van der Waals surface area contributed by atoms with Crippen LogP contribution in [0.4, 0.5) is 0 Å². The Hall–Kier alpha value is -2.81. The second-order valence-corrected chi connectivity index (χ2v) is 4.75. The number of Topliss-reactive ketones (excluding diaryl/α,β-unsaturated/α-hetero) is 1. The molecular formula is C18H14N2O. The largest absolute Gasteiger partial charge is 0.294 e. The van der Waals surface area contributed by atoms with Crippen LogP contribution < -0.4 is 0 Å². The van der Waals surface area contributed by atoms with Crippen LogP contribution in [0.2, 0.25) is 0 Å². The lowest BCUT2D eigenvalue weighted by Crippen LogP contribution is -2.03. The Kier molecular flexibility index (Phi) is 3.83. The Morgan fingerprint density at radius 1 is 0.905 bits per heavy atom. The van der Waals surface area contributed by atoms with Crippen LogP contribution in [-0.2, 0) is 6.42 Å². The zero-order valence-electron chi connectivity index (χ0n) is 11.4. The van der Waals surface area contributed by atoms with E-state index in [1.807, 2.05) is 42.5 Å². The maximum atomic E-state index is 12.1. The van der Waals surface area contributed by atoms with Gasteiger partial charge in [-0.05, 0) is 29.8 Å². The van der Waals surface area contributed by atoms with Gasteiger partial charge in [0.15, 0.2) is 5.78 Å². The molecular weight excluding hydrogens is 260 g/mol. The first-order valence-corrected chi connectivity index (χ1v) is 6.76. The van der Waals surface area contributed by atoms with Crippen molar-refractivity contribution in [1.29, 1.82) is 0 Å². The van der Waals surface area contributed by atoms with Crippen molar-refractivity contribution in [3.8, 4) is 11.3 Å². The zero-order valence-corrected chi connectivity index (χ0v) is 11.4. The molecule has 3 rings (SSSR count). The molecule has 0 aliphatic rings. The summed E-state index contributed by atoms with van der Waals surface area (Å²) in [6.07, 6.45) is 5.42. The van der Waals surface area contributed by atoms with Crippen LogP contribution in [0.15, 0.2) is 73.2 Å². The maximum absolute atomic E-state index is 12.1. The summed E-state index contributed by atoms with van der Waals surface area (Å²) in [5.41, 5.74) is 3.62. The van der Waals surface area contributed by atoms with E-state index in [1.54, 1.807) is 30.7 Å². The van der Waals surface area contributed by atoms with Gasteiger partial charge in [0.1, 0.15) is 0 Å². The Balaban J connectivity index is 1.75. The SMILES string of the molecule is O=C(Cc1ccc(-c2ccccn2)cc1)c1cccnc1. The van der Waals surface area contributed by atoms with E-state index in [1.165, 1.54) is 0 Å². The monoisotopic (exact) mass is 274 g/mol. The molecule has 1 aromatic carbocycles. The molecule has 3 nitrogen and oxygen atoms in total. The average Bonchev–Trinajstić information content (AvgIpc) is 2.57. The molecule has 0 atom stereocenters. The third kappa shape index (κ3) is 3.20. The average molecular weight is 274 g/mol. The normalized spacial score (nSPS) is 10.3. The number of benzene rings is 1. The zero-order chi connectivity index (χ0) is 14.5. The number of carbonyl (C=O) groups excluding carboxylic acids is 1. The Labute approximate surface area is 123 Å². The molecule has 0 amide bonds. The number of rotatable bonds is 4. The van der Waals surface area contributed by atoms with Gasteiger partial charge < -0.3 is 0 Å². The molecule has 21 heavy (non-hydrogen) atoms. The molecule has 0 saturated carbocycles. The quantitative estimate of drug-likeness (QED) is 0.683. The molecule has 0 spiro atoms. The summed E-state index contributed by atoms with van der Waals surface area (Å²) in [6.45, 7) is 0. The van der Waals surface area contributed by atoms with Crippen molar-refractivity contribution in [2.24, 2.45) is 0 Å². The van der Waals surface area contributed by atoms with Gasteiger partial charge in [0.25, 0.3) is 0 Å². The van der Waals surface area contributed by atoms with E-state index in [9.17, 15) is 4.79 Å². The van der Waals surface area contributed by atoms with Gasteiger partial charge in [0.05, 0.1) is 5.69 Å². The number of hydrogen-bond acceptors (Lipinski definition) is 3. The molecule has 0 aliphatic heterocycles. The highest BCUT2D eigenvalue weighted by molar-refractivity contribution is 5.97. The highest BCUT2D eigenvalue weighted by Crippen LogP contribution is 2.17. The standard InChI is InChI=1S/C18H14N2O/c21-18(16-4-3-10-19-13-16)12-14-6-8-15(9-7-14)17-5-1-2-11-20-17/h1-11,13H,12H2. The summed E-state index contributed by atoms with van der Waals surface area (Å²) >= 11 is 0. The predicted octanol–water partition coefficient (Wildman–Crippen LogP) is 3.57. The van der Waals surface area contributed by atoms with Crippen molar-refractivity contribution >= 4 is 5.78 Å². The van der Waals surface area contributed by atoms with Crippen molar-refractivity contribution < 1.29 is 4.79 Å². The first-order valence-electron chi connectivity index (χ1n) is 6.76. The van der Waals surface area contributed by atoms with Crippen LogP contribution >= 0.6 is 0 Å². The van der Waals surface area contributed by atoms with Gasteiger partial charge in [-0.3, -0.25) is 14.8 Å². The summed E-state index contributed by atoms with van der Waals surface area (Å²) < 4.78 is 0. The van der Waals surface area contributed by atoms with E-state index in [4.69, 9.17) is 0 Å². The summed E-state index contributed by atoms with van der Waals surface area (Å²) in [4.78, 5) is 20.4. The van der Waals surface area contributed by atoms with E-state index >= 15 is 0 Å². The Morgan fingerprint density at radius 3 is 2.43 bits per heavy atom. The Bertz CT molecular complexity index is 722. The number of aromatic nitrogens is 2. The minimum atomic E-state index is 0.0775. The topological polar surface area (TPSA) is 42.9 Å². The summed E-state index contributed by atoms with van der Waals surface area (Å²) in [5.74, 6) is 0.0775. The molecule has 0 saturated heterocycles.